The molecule has 0 amide bonds. The van der Waals surface area contributed by atoms with E-state index in [0.717, 1.165) is 22.0 Å². The molecule has 0 saturated heterocycles. The second-order valence-corrected chi connectivity index (χ2v) is 7.19. The minimum Gasteiger partial charge on any atom is -0.496 e. The van der Waals surface area contributed by atoms with Crippen molar-refractivity contribution in [1.29, 1.82) is 0 Å². The molecule has 0 spiro atoms. The molecule has 0 N–H and O–H groups in total. The van der Waals surface area contributed by atoms with Crippen LogP contribution in [0.2, 0.25) is 0 Å². The van der Waals surface area contributed by atoms with Crippen molar-refractivity contribution in [3.8, 4) is 5.75 Å². The van der Waals surface area contributed by atoms with E-state index in [4.69, 9.17) is 4.74 Å². The summed E-state index contributed by atoms with van der Waals surface area (Å²) >= 11 is 3.58. The Bertz CT molecular complexity index is 915. The van der Waals surface area contributed by atoms with Gasteiger partial charge in [0.05, 0.1) is 7.11 Å². The van der Waals surface area contributed by atoms with Gasteiger partial charge >= 0.3 is 0 Å². The Morgan fingerprint density at radius 1 is 1.00 bits per heavy atom. The van der Waals surface area contributed by atoms with E-state index in [-0.39, 0.29) is 0 Å². The lowest BCUT2D eigenvalue weighted by atomic mass is 9.94. The summed E-state index contributed by atoms with van der Waals surface area (Å²) in [5.74, 6) is 0.917. The molecule has 128 valence electrons. The average Bonchev–Trinajstić information content (AvgIpc) is 2.61. The number of fused-ring (bicyclic) bond motifs is 1. The van der Waals surface area contributed by atoms with Crippen LogP contribution in [-0.4, -0.2) is 26.1 Å². The van der Waals surface area contributed by atoms with Crippen LogP contribution in [0.1, 0.15) is 11.1 Å². The third kappa shape index (κ3) is 4.05. The lowest BCUT2D eigenvalue weighted by Gasteiger charge is -2.15. The maximum absolute atomic E-state index is 5.52. The highest BCUT2D eigenvalue weighted by Crippen LogP contribution is 2.31. The van der Waals surface area contributed by atoms with Gasteiger partial charge in [-0.15, -0.1) is 0 Å². The predicted molar refractivity (Wildman–Crippen MR) is 110 cm³/mol. The predicted octanol–water partition coefficient (Wildman–Crippen LogP) is 5.76. The first kappa shape index (κ1) is 17.6. The summed E-state index contributed by atoms with van der Waals surface area (Å²) in [7, 11) is 5.84. The van der Waals surface area contributed by atoms with Crippen molar-refractivity contribution in [1.82, 2.24) is 4.90 Å². The molecule has 3 rings (SSSR count). The Balaban J connectivity index is 2.08. The number of ether oxygens (including phenoxy) is 1. The zero-order chi connectivity index (χ0) is 17.8. The van der Waals surface area contributed by atoms with E-state index >= 15 is 0 Å². The monoisotopic (exact) mass is 395 g/mol. The third-order valence-electron chi connectivity index (χ3n) is 4.18. The van der Waals surface area contributed by atoms with Crippen LogP contribution in [0, 0.1) is 0 Å². The third-order valence-corrected chi connectivity index (χ3v) is 4.68. The first-order chi connectivity index (χ1) is 12.1. The fourth-order valence-electron chi connectivity index (χ4n) is 3.09. The van der Waals surface area contributed by atoms with Gasteiger partial charge in [-0.2, -0.15) is 0 Å². The van der Waals surface area contributed by atoms with E-state index in [1.165, 1.54) is 22.1 Å². The van der Waals surface area contributed by atoms with Gasteiger partial charge in [0.1, 0.15) is 5.75 Å². The molecule has 0 fully saturated rings. The number of nitrogens with zero attached hydrogens (tertiary/aromatic N) is 1. The molecular formula is C22H22BrNO. The van der Waals surface area contributed by atoms with Gasteiger partial charge in [0.15, 0.2) is 0 Å². The Labute approximate surface area is 157 Å². The van der Waals surface area contributed by atoms with Crippen LogP contribution in [0.4, 0.5) is 0 Å². The highest BCUT2D eigenvalue weighted by atomic mass is 79.9. The Kier molecular flexibility index (Phi) is 5.44. The van der Waals surface area contributed by atoms with Crippen LogP contribution < -0.4 is 4.74 Å². The molecule has 0 aliphatic carbocycles. The first-order valence-corrected chi connectivity index (χ1v) is 9.05. The van der Waals surface area contributed by atoms with Crippen LogP contribution in [0.3, 0.4) is 0 Å². The molecule has 2 nitrogen and oxygen atoms in total. The van der Waals surface area contributed by atoms with Crippen molar-refractivity contribution in [3.05, 3.63) is 82.5 Å². The first-order valence-electron chi connectivity index (χ1n) is 8.26. The number of allylic oxidation sites excluding steroid dienone is 1. The largest absolute Gasteiger partial charge is 0.496 e. The molecule has 0 aromatic heterocycles. The Morgan fingerprint density at radius 3 is 2.44 bits per heavy atom. The summed E-state index contributed by atoms with van der Waals surface area (Å²) in [6.45, 7) is 0. The molecule has 3 aromatic rings. The molecule has 0 unspecified atom stereocenters. The lowest BCUT2D eigenvalue weighted by molar-refractivity contribution is 0.419. The summed E-state index contributed by atoms with van der Waals surface area (Å²) in [5, 5.41) is 2.39. The van der Waals surface area contributed by atoms with Gasteiger partial charge in [-0.1, -0.05) is 58.4 Å². The van der Waals surface area contributed by atoms with Crippen LogP contribution in [0.25, 0.3) is 16.3 Å². The zero-order valence-corrected chi connectivity index (χ0v) is 16.4. The molecule has 0 bridgehead atoms. The normalized spacial score (nSPS) is 11.6. The second-order valence-electron chi connectivity index (χ2n) is 6.28. The van der Waals surface area contributed by atoms with Gasteiger partial charge in [-0.05, 0) is 40.3 Å². The van der Waals surface area contributed by atoms with Crippen LogP contribution in [0.5, 0.6) is 5.75 Å². The maximum Gasteiger partial charge on any atom is 0.126 e. The minimum absolute atomic E-state index is 0.860. The van der Waals surface area contributed by atoms with E-state index in [2.05, 4.69) is 102 Å². The van der Waals surface area contributed by atoms with Crippen molar-refractivity contribution in [2.75, 3.05) is 21.2 Å². The summed E-state index contributed by atoms with van der Waals surface area (Å²) in [6.07, 6.45) is 3.06. The quantitative estimate of drug-likeness (QED) is 0.544. The van der Waals surface area contributed by atoms with Crippen LogP contribution in [0.15, 0.2) is 71.3 Å². The standard InChI is InChI=1S/C22H22BrNO/c1-24(2)15-18(16-7-6-8-19(23)14-16)13-17-11-12-22(25-3)21-10-5-4-9-20(17)21/h4-12,14-15H,13H2,1-3H3/b18-15+. The summed E-state index contributed by atoms with van der Waals surface area (Å²) in [6, 6.07) is 21.1. The van der Waals surface area contributed by atoms with Gasteiger partial charge in [-0.25, -0.2) is 0 Å². The maximum atomic E-state index is 5.52. The van der Waals surface area contributed by atoms with Gasteiger partial charge in [0.25, 0.3) is 0 Å². The fraction of sp³-hybridized carbons (Fsp3) is 0.182. The fourth-order valence-corrected chi connectivity index (χ4v) is 3.49. The molecule has 0 atom stereocenters. The van der Waals surface area contributed by atoms with Crippen molar-refractivity contribution in [3.63, 3.8) is 0 Å². The topological polar surface area (TPSA) is 12.5 Å². The Morgan fingerprint density at radius 2 is 1.76 bits per heavy atom. The molecule has 0 heterocycles. The van der Waals surface area contributed by atoms with Crippen molar-refractivity contribution < 1.29 is 4.74 Å². The number of methoxy groups -OCH3 is 1. The van der Waals surface area contributed by atoms with E-state index in [0.29, 0.717) is 0 Å². The van der Waals surface area contributed by atoms with E-state index < -0.39 is 0 Å². The van der Waals surface area contributed by atoms with Crippen molar-refractivity contribution >= 4 is 32.3 Å². The molecule has 3 heteroatoms. The van der Waals surface area contributed by atoms with E-state index in [9.17, 15) is 0 Å². The molecule has 25 heavy (non-hydrogen) atoms. The summed E-state index contributed by atoms with van der Waals surface area (Å²) in [5.41, 5.74) is 3.80. The highest BCUT2D eigenvalue weighted by Gasteiger charge is 2.10. The average molecular weight is 396 g/mol. The van der Waals surface area contributed by atoms with Crippen LogP contribution >= 0.6 is 15.9 Å². The molecule has 0 aliphatic heterocycles. The Hall–Kier alpha value is -2.26. The van der Waals surface area contributed by atoms with Gasteiger partial charge < -0.3 is 9.64 Å². The molecule has 0 radical (unpaired) electrons. The SMILES string of the molecule is COc1ccc(C/C(=C\N(C)C)c2cccc(Br)c2)c2ccccc12. The number of halogens is 1. The summed E-state index contributed by atoms with van der Waals surface area (Å²) in [4.78, 5) is 2.10. The molecular weight excluding hydrogens is 374 g/mol. The molecule has 3 aromatic carbocycles. The number of hydrogen-bond acceptors (Lipinski definition) is 2. The van der Waals surface area contributed by atoms with Gasteiger partial charge in [0.2, 0.25) is 0 Å². The van der Waals surface area contributed by atoms with E-state index in [1.807, 2.05) is 0 Å². The number of benzene rings is 3. The van der Waals surface area contributed by atoms with Gasteiger partial charge in [0, 0.05) is 36.6 Å². The van der Waals surface area contributed by atoms with Crippen molar-refractivity contribution in [2.45, 2.75) is 6.42 Å². The van der Waals surface area contributed by atoms with Gasteiger partial charge in [-0.3, -0.25) is 0 Å². The number of rotatable bonds is 5. The minimum atomic E-state index is 0.860. The zero-order valence-electron chi connectivity index (χ0n) is 14.8. The number of hydrogen-bond donors (Lipinski definition) is 0. The summed E-state index contributed by atoms with van der Waals surface area (Å²) < 4.78 is 6.62. The van der Waals surface area contributed by atoms with Crippen LogP contribution in [-0.2, 0) is 6.42 Å². The van der Waals surface area contributed by atoms with Crippen molar-refractivity contribution in [2.24, 2.45) is 0 Å². The molecule has 0 aliphatic rings. The molecule has 0 saturated carbocycles. The smallest absolute Gasteiger partial charge is 0.126 e. The highest BCUT2D eigenvalue weighted by molar-refractivity contribution is 9.10. The van der Waals surface area contributed by atoms with E-state index in [1.54, 1.807) is 7.11 Å². The lowest BCUT2D eigenvalue weighted by Crippen LogP contribution is -2.04. The second kappa shape index (κ2) is 7.75.